The summed E-state index contributed by atoms with van der Waals surface area (Å²) in [6.07, 6.45) is 7.31. The van der Waals surface area contributed by atoms with Gasteiger partial charge in [0, 0.05) is 0 Å². The van der Waals surface area contributed by atoms with Crippen LogP contribution >= 0.6 is 0 Å². The Labute approximate surface area is 87.9 Å². The van der Waals surface area contributed by atoms with Crippen molar-refractivity contribution in [2.24, 2.45) is 5.41 Å². The van der Waals surface area contributed by atoms with E-state index in [2.05, 4.69) is 39.8 Å². The first-order valence-electron chi connectivity index (χ1n) is 5.21. The molecule has 0 rings (SSSR count). The second kappa shape index (κ2) is 5.79. The van der Waals surface area contributed by atoms with E-state index in [4.69, 9.17) is 0 Å². The van der Waals surface area contributed by atoms with Crippen molar-refractivity contribution < 1.29 is 4.79 Å². The lowest BCUT2D eigenvalue weighted by Gasteiger charge is -2.23. The van der Waals surface area contributed by atoms with Gasteiger partial charge < -0.3 is 0 Å². The van der Waals surface area contributed by atoms with E-state index in [0.29, 0.717) is 0 Å². The van der Waals surface area contributed by atoms with E-state index in [1.165, 1.54) is 5.57 Å². The summed E-state index contributed by atoms with van der Waals surface area (Å²) in [6, 6.07) is 0. The molecular weight excluding hydrogens is 172 g/mol. The number of aldehydes is 1. The molecule has 0 aliphatic rings. The van der Waals surface area contributed by atoms with Crippen LogP contribution in [0.25, 0.3) is 0 Å². The van der Waals surface area contributed by atoms with E-state index >= 15 is 0 Å². The minimum atomic E-state index is 0.127. The van der Waals surface area contributed by atoms with Crippen LogP contribution in [0.1, 0.15) is 47.5 Å². The molecule has 0 aromatic heterocycles. The first-order chi connectivity index (χ1) is 6.43. The Balaban J connectivity index is 4.63. The van der Waals surface area contributed by atoms with Crippen molar-refractivity contribution in [1.29, 1.82) is 0 Å². The highest BCUT2D eigenvalue weighted by Crippen LogP contribution is 2.29. The van der Waals surface area contributed by atoms with Crippen molar-refractivity contribution in [3.8, 4) is 0 Å². The summed E-state index contributed by atoms with van der Waals surface area (Å²) in [5.41, 5.74) is 2.29. The van der Waals surface area contributed by atoms with Crippen LogP contribution in [0, 0.1) is 5.41 Å². The summed E-state index contributed by atoms with van der Waals surface area (Å²) >= 11 is 0. The maximum atomic E-state index is 10.6. The average Bonchev–Trinajstić information content (AvgIpc) is 2.14. The number of rotatable bonds is 5. The van der Waals surface area contributed by atoms with Crippen LogP contribution in [0.3, 0.4) is 0 Å². The highest BCUT2D eigenvalue weighted by Gasteiger charge is 2.17. The molecule has 0 heterocycles. The van der Waals surface area contributed by atoms with Gasteiger partial charge >= 0.3 is 0 Å². The van der Waals surface area contributed by atoms with E-state index in [9.17, 15) is 4.79 Å². The predicted molar refractivity (Wildman–Crippen MR) is 62.3 cm³/mol. The predicted octanol–water partition coefficient (Wildman–Crippen LogP) is 3.90. The smallest absolute Gasteiger partial charge is 0.145 e. The van der Waals surface area contributed by atoms with Gasteiger partial charge in [-0.05, 0) is 44.6 Å². The molecule has 0 aromatic rings. The zero-order valence-electron chi connectivity index (χ0n) is 10.1. The summed E-state index contributed by atoms with van der Waals surface area (Å²) in [5, 5.41) is 0. The van der Waals surface area contributed by atoms with E-state index < -0.39 is 0 Å². The number of allylic oxidation sites excluding steroid dienone is 4. The second-order valence-corrected chi connectivity index (χ2v) is 4.50. The summed E-state index contributed by atoms with van der Waals surface area (Å²) in [6.45, 7) is 10.4. The number of hydrogen-bond donors (Lipinski definition) is 0. The lowest BCUT2D eigenvalue weighted by molar-refractivity contribution is -0.104. The third-order valence-electron chi connectivity index (χ3n) is 2.55. The molecule has 0 fully saturated rings. The zero-order valence-corrected chi connectivity index (χ0v) is 10.1. The first kappa shape index (κ1) is 13.2. The minimum absolute atomic E-state index is 0.127. The van der Waals surface area contributed by atoms with Crippen molar-refractivity contribution in [3.63, 3.8) is 0 Å². The van der Waals surface area contributed by atoms with Crippen molar-refractivity contribution in [1.82, 2.24) is 0 Å². The Morgan fingerprint density at radius 1 is 1.29 bits per heavy atom. The molecule has 80 valence electrons. The summed E-state index contributed by atoms with van der Waals surface area (Å²) < 4.78 is 0. The van der Waals surface area contributed by atoms with Gasteiger partial charge in [-0.15, -0.1) is 0 Å². The molecule has 0 aliphatic carbocycles. The normalized spacial score (nSPS) is 15.9. The highest BCUT2D eigenvalue weighted by molar-refractivity contribution is 5.72. The Kier molecular flexibility index (Phi) is 5.44. The van der Waals surface area contributed by atoms with E-state index in [1.54, 1.807) is 0 Å². The summed E-state index contributed by atoms with van der Waals surface area (Å²) in [7, 11) is 0. The minimum Gasteiger partial charge on any atom is -0.298 e. The number of hydrogen-bond acceptors (Lipinski definition) is 1. The van der Waals surface area contributed by atoms with Crippen LogP contribution in [-0.2, 0) is 4.79 Å². The van der Waals surface area contributed by atoms with Gasteiger partial charge in [-0.1, -0.05) is 31.6 Å². The van der Waals surface area contributed by atoms with Gasteiger partial charge in [0.15, 0.2) is 0 Å². The maximum Gasteiger partial charge on any atom is 0.145 e. The largest absolute Gasteiger partial charge is 0.298 e. The Morgan fingerprint density at radius 2 is 1.86 bits per heavy atom. The van der Waals surface area contributed by atoms with Crippen molar-refractivity contribution in [2.75, 3.05) is 0 Å². The van der Waals surface area contributed by atoms with Gasteiger partial charge in [0.05, 0.1) is 0 Å². The Bertz CT molecular complexity index is 244. The molecule has 1 atom stereocenters. The molecular formula is C13H22O. The summed E-state index contributed by atoms with van der Waals surface area (Å²) in [4.78, 5) is 10.6. The first-order valence-corrected chi connectivity index (χ1v) is 5.21. The van der Waals surface area contributed by atoms with E-state index in [-0.39, 0.29) is 5.41 Å². The van der Waals surface area contributed by atoms with Crippen molar-refractivity contribution in [2.45, 2.75) is 47.5 Å². The molecule has 14 heavy (non-hydrogen) atoms. The van der Waals surface area contributed by atoms with Crippen LogP contribution in [-0.4, -0.2) is 6.29 Å². The molecule has 0 saturated heterocycles. The molecule has 0 aliphatic heterocycles. The molecule has 0 spiro atoms. The molecule has 0 bridgehead atoms. The SMILES string of the molecule is CCC(C)(/C=C(\C)C=O)CC=C(C)C. The van der Waals surface area contributed by atoms with Gasteiger partial charge in [-0.3, -0.25) is 4.79 Å². The third-order valence-corrected chi connectivity index (χ3v) is 2.55. The van der Waals surface area contributed by atoms with Crippen molar-refractivity contribution in [3.05, 3.63) is 23.3 Å². The topological polar surface area (TPSA) is 17.1 Å². The lowest BCUT2D eigenvalue weighted by Crippen LogP contribution is -2.11. The number of carbonyl (C=O) groups is 1. The van der Waals surface area contributed by atoms with Gasteiger partial charge in [-0.2, -0.15) is 0 Å². The Hall–Kier alpha value is -0.850. The second-order valence-electron chi connectivity index (χ2n) is 4.50. The molecule has 0 aromatic carbocycles. The van der Waals surface area contributed by atoms with Crippen molar-refractivity contribution >= 4 is 6.29 Å². The third kappa shape index (κ3) is 5.00. The molecule has 0 saturated carbocycles. The molecule has 0 N–H and O–H groups in total. The summed E-state index contributed by atoms with van der Waals surface area (Å²) in [5.74, 6) is 0. The zero-order chi connectivity index (χ0) is 11.2. The molecule has 0 amide bonds. The van der Waals surface area contributed by atoms with Gasteiger partial charge in [0.1, 0.15) is 6.29 Å². The monoisotopic (exact) mass is 194 g/mol. The van der Waals surface area contributed by atoms with Crippen LogP contribution < -0.4 is 0 Å². The van der Waals surface area contributed by atoms with Crippen LogP contribution in [0.2, 0.25) is 0 Å². The van der Waals surface area contributed by atoms with Crippen LogP contribution in [0.5, 0.6) is 0 Å². The van der Waals surface area contributed by atoms with E-state index in [1.807, 2.05) is 6.92 Å². The molecule has 1 unspecified atom stereocenters. The highest BCUT2D eigenvalue weighted by atomic mass is 16.1. The van der Waals surface area contributed by atoms with Crippen LogP contribution in [0.4, 0.5) is 0 Å². The molecule has 1 nitrogen and oxygen atoms in total. The quantitative estimate of drug-likeness (QED) is 0.368. The van der Waals surface area contributed by atoms with Gasteiger partial charge in [0.25, 0.3) is 0 Å². The van der Waals surface area contributed by atoms with E-state index in [0.717, 1.165) is 24.7 Å². The van der Waals surface area contributed by atoms with Crippen LogP contribution in [0.15, 0.2) is 23.3 Å². The molecule has 1 heteroatoms. The average molecular weight is 194 g/mol. The van der Waals surface area contributed by atoms with Gasteiger partial charge in [0.2, 0.25) is 0 Å². The number of carbonyl (C=O) groups excluding carboxylic acids is 1. The fourth-order valence-electron chi connectivity index (χ4n) is 1.33. The molecule has 0 radical (unpaired) electrons. The maximum absolute atomic E-state index is 10.6. The standard InChI is InChI=1S/C13H22O/c1-6-13(5,8-7-11(2)3)9-12(4)10-14/h7,9-10H,6,8H2,1-5H3/b12-9+. The van der Waals surface area contributed by atoms with Gasteiger partial charge in [-0.25, -0.2) is 0 Å². The fourth-order valence-corrected chi connectivity index (χ4v) is 1.33. The lowest BCUT2D eigenvalue weighted by atomic mass is 9.82. The fraction of sp³-hybridized carbons (Fsp3) is 0.615. The Morgan fingerprint density at radius 3 is 2.21 bits per heavy atom.